The minimum atomic E-state index is -1.02. The molecule has 2 nitrogen and oxygen atoms in total. The third kappa shape index (κ3) is 1.62. The molecular formula is C15H11O2. The van der Waals surface area contributed by atoms with E-state index < -0.39 is 5.97 Å². The van der Waals surface area contributed by atoms with Crippen LogP contribution in [0.1, 0.15) is 16.7 Å². The first-order valence-corrected chi connectivity index (χ1v) is 5.64. The quantitative estimate of drug-likeness (QED) is 0.658. The summed E-state index contributed by atoms with van der Waals surface area (Å²) in [7, 11) is 0. The van der Waals surface area contributed by atoms with E-state index in [4.69, 9.17) is 0 Å². The summed E-state index contributed by atoms with van der Waals surface area (Å²) in [5.41, 5.74) is 5.67. The minimum Gasteiger partial charge on any atom is -0.247 e. The van der Waals surface area contributed by atoms with E-state index in [0.29, 0.717) is 0 Å². The standard InChI is InChI=1S/C15H11O2/c16-15(17)9-11-5-3-7-13-12-6-2-1-4-10(12)8-14(11)13/h1-7H,8-9H2. The summed E-state index contributed by atoms with van der Waals surface area (Å²) in [5.74, 6) is -1.02. The fourth-order valence-corrected chi connectivity index (χ4v) is 2.54. The molecule has 0 fully saturated rings. The Labute approximate surface area is 99.5 Å². The molecule has 1 aliphatic rings. The second-order valence-electron chi connectivity index (χ2n) is 4.33. The molecule has 2 heteroatoms. The van der Waals surface area contributed by atoms with Gasteiger partial charge in [-0.15, -0.1) is 0 Å². The van der Waals surface area contributed by atoms with Crippen LogP contribution in [0.25, 0.3) is 11.1 Å². The van der Waals surface area contributed by atoms with Crippen LogP contribution < -0.4 is 0 Å². The molecule has 0 heterocycles. The van der Waals surface area contributed by atoms with Crippen LogP contribution in [0, 0.1) is 0 Å². The summed E-state index contributed by atoms with van der Waals surface area (Å²) in [5, 5.41) is 10.7. The van der Waals surface area contributed by atoms with E-state index in [1.807, 2.05) is 24.3 Å². The maximum Gasteiger partial charge on any atom is 0.359 e. The monoisotopic (exact) mass is 223 g/mol. The SMILES string of the molecule is [O]C(=O)Cc1cccc2c1Cc1ccccc1-2. The molecule has 0 N–H and O–H groups in total. The Morgan fingerprint density at radius 1 is 1.00 bits per heavy atom. The second-order valence-corrected chi connectivity index (χ2v) is 4.33. The van der Waals surface area contributed by atoms with Crippen LogP contribution >= 0.6 is 0 Å². The van der Waals surface area contributed by atoms with Gasteiger partial charge < -0.3 is 0 Å². The lowest BCUT2D eigenvalue weighted by Crippen LogP contribution is -2.01. The van der Waals surface area contributed by atoms with Gasteiger partial charge in [-0.3, -0.25) is 0 Å². The first kappa shape index (κ1) is 10.1. The fourth-order valence-electron chi connectivity index (χ4n) is 2.54. The van der Waals surface area contributed by atoms with E-state index in [2.05, 4.69) is 18.2 Å². The van der Waals surface area contributed by atoms with Crippen molar-refractivity contribution in [1.82, 2.24) is 0 Å². The van der Waals surface area contributed by atoms with Crippen molar-refractivity contribution < 1.29 is 9.90 Å². The number of hydrogen-bond acceptors (Lipinski definition) is 1. The van der Waals surface area contributed by atoms with Crippen LogP contribution in [-0.2, 0) is 22.7 Å². The van der Waals surface area contributed by atoms with Gasteiger partial charge in [-0.2, -0.15) is 0 Å². The fraction of sp³-hybridized carbons (Fsp3) is 0.133. The highest BCUT2D eigenvalue weighted by Gasteiger charge is 2.21. The molecule has 0 saturated carbocycles. The zero-order valence-corrected chi connectivity index (χ0v) is 9.27. The molecule has 0 aliphatic heterocycles. The normalized spacial score (nSPS) is 12.0. The lowest BCUT2D eigenvalue weighted by atomic mass is 9.99. The Hall–Kier alpha value is -2.09. The van der Waals surface area contributed by atoms with E-state index in [9.17, 15) is 9.90 Å². The maximum absolute atomic E-state index is 10.7. The molecule has 0 aromatic heterocycles. The molecule has 1 aliphatic carbocycles. The number of benzene rings is 2. The van der Waals surface area contributed by atoms with E-state index in [1.165, 1.54) is 16.7 Å². The van der Waals surface area contributed by atoms with Gasteiger partial charge in [-0.05, 0) is 34.2 Å². The molecule has 0 amide bonds. The second kappa shape index (κ2) is 3.74. The van der Waals surface area contributed by atoms with Gasteiger partial charge in [0.05, 0.1) is 6.42 Å². The van der Waals surface area contributed by atoms with Crippen molar-refractivity contribution in [2.75, 3.05) is 0 Å². The summed E-state index contributed by atoms with van der Waals surface area (Å²) in [6, 6.07) is 14.1. The third-order valence-corrected chi connectivity index (χ3v) is 3.28. The lowest BCUT2D eigenvalue weighted by molar-refractivity contribution is -0.142. The topological polar surface area (TPSA) is 37.0 Å². The molecule has 2 aromatic carbocycles. The smallest absolute Gasteiger partial charge is 0.247 e. The summed E-state index contributed by atoms with van der Waals surface area (Å²) in [6.45, 7) is 0. The molecule has 0 unspecified atom stereocenters. The van der Waals surface area contributed by atoms with Crippen molar-refractivity contribution in [3.05, 3.63) is 59.2 Å². The molecule has 2 aromatic rings. The predicted molar refractivity (Wildman–Crippen MR) is 64.1 cm³/mol. The third-order valence-electron chi connectivity index (χ3n) is 3.28. The Morgan fingerprint density at radius 2 is 1.76 bits per heavy atom. The average Bonchev–Trinajstić information content (AvgIpc) is 2.68. The number of fused-ring (bicyclic) bond motifs is 3. The van der Waals surface area contributed by atoms with Crippen LogP contribution in [0.5, 0.6) is 0 Å². The molecule has 1 radical (unpaired) electrons. The molecule has 17 heavy (non-hydrogen) atoms. The van der Waals surface area contributed by atoms with Gasteiger partial charge in [0.15, 0.2) is 0 Å². The van der Waals surface area contributed by atoms with E-state index >= 15 is 0 Å². The highest BCUT2D eigenvalue weighted by atomic mass is 16.4. The maximum atomic E-state index is 10.7. The molecule has 0 bridgehead atoms. The van der Waals surface area contributed by atoms with Crippen molar-refractivity contribution in [3.63, 3.8) is 0 Å². The number of carbonyl (C=O) groups excluding carboxylic acids is 1. The van der Waals surface area contributed by atoms with Crippen molar-refractivity contribution >= 4 is 5.97 Å². The van der Waals surface area contributed by atoms with E-state index in [-0.39, 0.29) is 6.42 Å². The zero-order chi connectivity index (χ0) is 11.8. The van der Waals surface area contributed by atoms with Gasteiger partial charge in [-0.1, -0.05) is 42.5 Å². The summed E-state index contributed by atoms with van der Waals surface area (Å²) in [4.78, 5) is 10.7. The van der Waals surface area contributed by atoms with Gasteiger partial charge in [0.2, 0.25) is 0 Å². The van der Waals surface area contributed by atoms with Gasteiger partial charge in [0.1, 0.15) is 0 Å². The van der Waals surface area contributed by atoms with Crippen LogP contribution in [0.4, 0.5) is 0 Å². The first-order chi connectivity index (χ1) is 8.25. The van der Waals surface area contributed by atoms with Crippen molar-refractivity contribution in [3.8, 4) is 11.1 Å². The molecule has 83 valence electrons. The van der Waals surface area contributed by atoms with Gasteiger partial charge in [0, 0.05) is 0 Å². The number of rotatable bonds is 2. The van der Waals surface area contributed by atoms with E-state index in [1.54, 1.807) is 0 Å². The van der Waals surface area contributed by atoms with Gasteiger partial charge >= 0.3 is 5.97 Å². The molecule has 0 saturated heterocycles. The molecular weight excluding hydrogens is 212 g/mol. The molecule has 0 atom stereocenters. The highest BCUT2D eigenvalue weighted by Crippen LogP contribution is 2.38. The lowest BCUT2D eigenvalue weighted by Gasteiger charge is -2.05. The molecule has 3 rings (SSSR count). The Kier molecular flexibility index (Phi) is 2.22. The van der Waals surface area contributed by atoms with Crippen molar-refractivity contribution in [2.45, 2.75) is 12.8 Å². The van der Waals surface area contributed by atoms with Gasteiger partial charge in [0.25, 0.3) is 0 Å². The highest BCUT2D eigenvalue weighted by molar-refractivity contribution is 5.80. The van der Waals surface area contributed by atoms with E-state index in [0.717, 1.165) is 17.5 Å². The van der Waals surface area contributed by atoms with Crippen molar-refractivity contribution in [1.29, 1.82) is 0 Å². The zero-order valence-electron chi connectivity index (χ0n) is 9.27. The average molecular weight is 223 g/mol. The minimum absolute atomic E-state index is 0.00282. The number of carbonyl (C=O) groups is 1. The van der Waals surface area contributed by atoms with Crippen LogP contribution in [0.3, 0.4) is 0 Å². The van der Waals surface area contributed by atoms with Crippen molar-refractivity contribution in [2.24, 2.45) is 0 Å². The molecule has 0 spiro atoms. The summed E-state index contributed by atoms with van der Waals surface area (Å²) < 4.78 is 0. The largest absolute Gasteiger partial charge is 0.359 e. The van der Waals surface area contributed by atoms with Crippen LogP contribution in [-0.4, -0.2) is 5.97 Å². The Balaban J connectivity index is 2.14. The van der Waals surface area contributed by atoms with Gasteiger partial charge in [-0.25, -0.2) is 9.90 Å². The summed E-state index contributed by atoms with van der Waals surface area (Å²) >= 11 is 0. The predicted octanol–water partition coefficient (Wildman–Crippen LogP) is 2.76. The first-order valence-electron chi connectivity index (χ1n) is 5.64. The van der Waals surface area contributed by atoms with Crippen LogP contribution in [0.2, 0.25) is 0 Å². The summed E-state index contributed by atoms with van der Waals surface area (Å²) in [6.07, 6.45) is 0.826. The Bertz CT molecular complexity index is 600. The van der Waals surface area contributed by atoms with Crippen LogP contribution in [0.15, 0.2) is 42.5 Å². The number of hydrogen-bond donors (Lipinski definition) is 0. The Morgan fingerprint density at radius 3 is 2.59 bits per heavy atom.